The van der Waals surface area contributed by atoms with E-state index in [9.17, 15) is 0 Å². The predicted octanol–water partition coefficient (Wildman–Crippen LogP) is 3.84. The van der Waals surface area contributed by atoms with Crippen molar-refractivity contribution < 1.29 is 0 Å². The Hall–Kier alpha value is -1.62. The molecule has 108 valence electrons. The summed E-state index contributed by atoms with van der Waals surface area (Å²) in [7, 11) is 0. The number of hydrogen-bond donors (Lipinski definition) is 2. The largest absolute Gasteiger partial charge is 0.370 e. The molecule has 2 aromatic heterocycles. The van der Waals surface area contributed by atoms with Gasteiger partial charge in [-0.15, -0.1) is 11.3 Å². The first-order chi connectivity index (χ1) is 9.71. The standard InChI is InChI=1S/C15H22N4S/c1-4-6-13-18-14(16-5-2)9-15(19-13)17-10-12-8-7-11(3)20-12/h7-9H,4-6,10H2,1-3H3,(H2,16,17,18,19). The number of thiophene rings is 1. The minimum absolute atomic E-state index is 0.812. The van der Waals surface area contributed by atoms with Crippen LogP contribution in [0.5, 0.6) is 0 Å². The number of anilines is 2. The molecule has 0 atom stereocenters. The maximum absolute atomic E-state index is 4.57. The van der Waals surface area contributed by atoms with Crippen LogP contribution in [0.15, 0.2) is 18.2 Å². The summed E-state index contributed by atoms with van der Waals surface area (Å²) >= 11 is 1.81. The summed E-state index contributed by atoms with van der Waals surface area (Å²) in [5, 5.41) is 6.65. The molecule has 20 heavy (non-hydrogen) atoms. The van der Waals surface area contributed by atoms with Crippen molar-refractivity contribution in [2.75, 3.05) is 17.2 Å². The van der Waals surface area contributed by atoms with Crippen LogP contribution < -0.4 is 10.6 Å². The van der Waals surface area contributed by atoms with Crippen LogP contribution in [0.25, 0.3) is 0 Å². The van der Waals surface area contributed by atoms with Crippen LogP contribution >= 0.6 is 11.3 Å². The summed E-state index contributed by atoms with van der Waals surface area (Å²) in [4.78, 5) is 11.7. The molecule has 0 aliphatic heterocycles. The number of aryl methyl sites for hydroxylation is 2. The average Bonchev–Trinajstić information content (AvgIpc) is 2.83. The van der Waals surface area contributed by atoms with Crippen molar-refractivity contribution in [2.24, 2.45) is 0 Å². The molecule has 0 unspecified atom stereocenters. The molecule has 2 heterocycles. The van der Waals surface area contributed by atoms with Crippen LogP contribution in [0.2, 0.25) is 0 Å². The van der Waals surface area contributed by atoms with E-state index in [1.54, 1.807) is 0 Å². The third-order valence-electron chi connectivity index (χ3n) is 2.84. The lowest BCUT2D eigenvalue weighted by Gasteiger charge is -2.09. The molecule has 0 saturated heterocycles. The maximum atomic E-state index is 4.57. The average molecular weight is 290 g/mol. The quantitative estimate of drug-likeness (QED) is 0.813. The van der Waals surface area contributed by atoms with Gasteiger partial charge in [0.05, 0.1) is 6.54 Å². The summed E-state index contributed by atoms with van der Waals surface area (Å²) in [6.45, 7) is 8.02. The van der Waals surface area contributed by atoms with Crippen LogP contribution in [0, 0.1) is 6.92 Å². The summed E-state index contributed by atoms with van der Waals surface area (Å²) in [5.74, 6) is 2.69. The van der Waals surface area contributed by atoms with Gasteiger partial charge < -0.3 is 10.6 Å². The van der Waals surface area contributed by atoms with Crippen LogP contribution in [0.3, 0.4) is 0 Å². The Balaban J connectivity index is 2.08. The molecule has 0 spiro atoms. The van der Waals surface area contributed by atoms with Gasteiger partial charge in [0.25, 0.3) is 0 Å². The molecule has 0 bridgehead atoms. The Bertz CT molecular complexity index is 526. The van der Waals surface area contributed by atoms with Gasteiger partial charge in [0.15, 0.2) is 0 Å². The van der Waals surface area contributed by atoms with Gasteiger partial charge in [-0.05, 0) is 32.4 Å². The fraction of sp³-hybridized carbons (Fsp3) is 0.467. The van der Waals surface area contributed by atoms with E-state index in [1.165, 1.54) is 9.75 Å². The van der Waals surface area contributed by atoms with Gasteiger partial charge in [-0.1, -0.05) is 6.92 Å². The van der Waals surface area contributed by atoms with Gasteiger partial charge in [-0.3, -0.25) is 0 Å². The minimum atomic E-state index is 0.812. The lowest BCUT2D eigenvalue weighted by atomic mass is 10.3. The van der Waals surface area contributed by atoms with Crippen molar-refractivity contribution in [3.8, 4) is 0 Å². The molecular weight excluding hydrogens is 268 g/mol. The third kappa shape index (κ3) is 4.20. The van der Waals surface area contributed by atoms with E-state index >= 15 is 0 Å². The van der Waals surface area contributed by atoms with E-state index < -0.39 is 0 Å². The van der Waals surface area contributed by atoms with Crippen LogP contribution in [0.1, 0.15) is 35.8 Å². The second-order valence-corrected chi connectivity index (χ2v) is 6.07. The lowest BCUT2D eigenvalue weighted by molar-refractivity contribution is 0.834. The topological polar surface area (TPSA) is 49.8 Å². The molecule has 0 aromatic carbocycles. The van der Waals surface area contributed by atoms with Gasteiger partial charge in [-0.2, -0.15) is 0 Å². The first-order valence-corrected chi connectivity index (χ1v) is 7.94. The predicted molar refractivity (Wildman–Crippen MR) is 86.6 cm³/mol. The molecule has 2 aromatic rings. The molecular formula is C15H22N4S. The van der Waals surface area contributed by atoms with E-state index in [4.69, 9.17) is 0 Å². The van der Waals surface area contributed by atoms with Crippen molar-refractivity contribution in [3.05, 3.63) is 33.8 Å². The highest BCUT2D eigenvalue weighted by Gasteiger charge is 2.04. The van der Waals surface area contributed by atoms with Gasteiger partial charge >= 0.3 is 0 Å². The Morgan fingerprint density at radius 1 is 1.10 bits per heavy atom. The van der Waals surface area contributed by atoms with Crippen molar-refractivity contribution in [1.82, 2.24) is 9.97 Å². The monoisotopic (exact) mass is 290 g/mol. The fourth-order valence-corrected chi connectivity index (χ4v) is 2.78. The van der Waals surface area contributed by atoms with E-state index in [0.29, 0.717) is 0 Å². The molecule has 5 heteroatoms. The minimum Gasteiger partial charge on any atom is -0.370 e. The van der Waals surface area contributed by atoms with Crippen molar-refractivity contribution >= 4 is 23.0 Å². The number of rotatable bonds is 7. The van der Waals surface area contributed by atoms with Crippen molar-refractivity contribution in [3.63, 3.8) is 0 Å². The highest BCUT2D eigenvalue weighted by Crippen LogP contribution is 2.18. The zero-order valence-electron chi connectivity index (χ0n) is 12.4. The molecule has 2 rings (SSSR count). The smallest absolute Gasteiger partial charge is 0.133 e. The molecule has 4 nitrogen and oxygen atoms in total. The van der Waals surface area contributed by atoms with Crippen molar-refractivity contribution in [2.45, 2.75) is 40.2 Å². The van der Waals surface area contributed by atoms with E-state index in [2.05, 4.69) is 53.5 Å². The zero-order chi connectivity index (χ0) is 14.4. The molecule has 0 aliphatic carbocycles. The molecule has 0 saturated carbocycles. The van der Waals surface area contributed by atoms with Gasteiger partial charge in [-0.25, -0.2) is 9.97 Å². The number of nitrogens with zero attached hydrogens (tertiary/aromatic N) is 2. The van der Waals surface area contributed by atoms with Gasteiger partial charge in [0, 0.05) is 28.8 Å². The lowest BCUT2D eigenvalue weighted by Crippen LogP contribution is -2.07. The molecule has 2 N–H and O–H groups in total. The highest BCUT2D eigenvalue weighted by atomic mass is 32.1. The van der Waals surface area contributed by atoms with E-state index in [0.717, 1.165) is 43.4 Å². The summed E-state index contributed by atoms with van der Waals surface area (Å²) in [6, 6.07) is 6.28. The van der Waals surface area contributed by atoms with E-state index in [1.807, 2.05) is 17.4 Å². The van der Waals surface area contributed by atoms with Crippen LogP contribution in [-0.2, 0) is 13.0 Å². The maximum Gasteiger partial charge on any atom is 0.133 e. The molecule has 0 amide bonds. The Morgan fingerprint density at radius 2 is 1.85 bits per heavy atom. The first kappa shape index (κ1) is 14.8. The van der Waals surface area contributed by atoms with Crippen LogP contribution in [-0.4, -0.2) is 16.5 Å². The molecule has 0 aliphatic rings. The first-order valence-electron chi connectivity index (χ1n) is 7.12. The van der Waals surface area contributed by atoms with Gasteiger partial charge in [0.1, 0.15) is 17.5 Å². The van der Waals surface area contributed by atoms with Crippen LogP contribution in [0.4, 0.5) is 11.6 Å². The second kappa shape index (κ2) is 7.24. The normalized spacial score (nSPS) is 10.6. The van der Waals surface area contributed by atoms with Gasteiger partial charge in [0.2, 0.25) is 0 Å². The number of hydrogen-bond acceptors (Lipinski definition) is 5. The van der Waals surface area contributed by atoms with E-state index in [-0.39, 0.29) is 0 Å². The highest BCUT2D eigenvalue weighted by molar-refractivity contribution is 7.11. The Labute approximate surface area is 124 Å². The summed E-state index contributed by atoms with van der Waals surface area (Å²) in [5.41, 5.74) is 0. The molecule has 0 radical (unpaired) electrons. The Morgan fingerprint density at radius 3 is 2.45 bits per heavy atom. The molecule has 0 fully saturated rings. The Kier molecular flexibility index (Phi) is 5.35. The SMILES string of the molecule is CCCc1nc(NCC)cc(NCc2ccc(C)s2)n1. The second-order valence-electron chi connectivity index (χ2n) is 4.70. The zero-order valence-corrected chi connectivity index (χ0v) is 13.2. The fourth-order valence-electron chi connectivity index (χ4n) is 1.95. The van der Waals surface area contributed by atoms with Crippen molar-refractivity contribution in [1.29, 1.82) is 0 Å². The summed E-state index contributed by atoms with van der Waals surface area (Å²) < 4.78 is 0. The number of aromatic nitrogens is 2. The number of nitrogens with one attached hydrogen (secondary N) is 2. The summed E-state index contributed by atoms with van der Waals surface area (Å²) in [6.07, 6.45) is 1.96. The third-order valence-corrected chi connectivity index (χ3v) is 3.84.